The molecule has 0 radical (unpaired) electrons. The van der Waals surface area contributed by atoms with Crippen molar-refractivity contribution in [2.24, 2.45) is 11.3 Å². The van der Waals surface area contributed by atoms with Crippen molar-refractivity contribution in [1.29, 1.82) is 0 Å². The number of aliphatic hydroxyl groups excluding tert-OH is 1. The standard InChI is InChI=1S/C13H20N2O4/c16-8-5-10(12(18)19)15(7-8)11(17)9-6-13(9)1-3-14-4-2-13/h8-10,14,16H,1-7H2,(H,18,19)/t8-,9?,10-/m0/s1. The number of rotatable bonds is 2. The number of hydrogen-bond acceptors (Lipinski definition) is 4. The maximum atomic E-state index is 12.5. The quantitative estimate of drug-likeness (QED) is 0.623. The number of carboxylic acids is 1. The molecule has 0 bridgehead atoms. The summed E-state index contributed by atoms with van der Waals surface area (Å²) < 4.78 is 0. The van der Waals surface area contributed by atoms with Gasteiger partial charge in [-0.2, -0.15) is 0 Å². The monoisotopic (exact) mass is 268 g/mol. The van der Waals surface area contributed by atoms with Crippen LogP contribution in [0.1, 0.15) is 25.7 Å². The van der Waals surface area contributed by atoms with Gasteiger partial charge in [0.15, 0.2) is 0 Å². The van der Waals surface area contributed by atoms with Crippen LogP contribution in [0, 0.1) is 11.3 Å². The van der Waals surface area contributed by atoms with Gasteiger partial charge in [0, 0.05) is 18.9 Å². The Balaban J connectivity index is 1.69. The van der Waals surface area contributed by atoms with Crippen LogP contribution < -0.4 is 5.32 Å². The Hall–Kier alpha value is -1.14. The number of β-amino-alcohol motifs (C(OH)–C–C–N with tert-alkyl or cyclic N) is 1. The molecule has 2 aliphatic heterocycles. The maximum absolute atomic E-state index is 12.5. The lowest BCUT2D eigenvalue weighted by molar-refractivity contribution is -0.149. The number of amides is 1. The van der Waals surface area contributed by atoms with Gasteiger partial charge in [0.1, 0.15) is 6.04 Å². The first-order chi connectivity index (χ1) is 9.03. The Labute approximate surface area is 111 Å². The summed E-state index contributed by atoms with van der Waals surface area (Å²) in [7, 11) is 0. The van der Waals surface area contributed by atoms with Crippen molar-refractivity contribution in [2.45, 2.75) is 37.8 Å². The van der Waals surface area contributed by atoms with Crippen LogP contribution in [0.15, 0.2) is 0 Å². The van der Waals surface area contributed by atoms with E-state index in [4.69, 9.17) is 5.11 Å². The second-order valence-electron chi connectivity index (χ2n) is 6.10. The third-order valence-corrected chi connectivity index (χ3v) is 4.93. The van der Waals surface area contributed by atoms with Crippen molar-refractivity contribution in [3.8, 4) is 0 Å². The number of aliphatic hydroxyl groups is 1. The minimum absolute atomic E-state index is 0.0262. The first kappa shape index (κ1) is 12.9. The van der Waals surface area contributed by atoms with Gasteiger partial charge in [0.25, 0.3) is 0 Å². The van der Waals surface area contributed by atoms with E-state index in [9.17, 15) is 14.7 Å². The molecule has 1 amide bonds. The summed E-state index contributed by atoms with van der Waals surface area (Å²) in [6.07, 6.45) is 2.33. The van der Waals surface area contributed by atoms with Crippen molar-refractivity contribution in [3.05, 3.63) is 0 Å². The van der Waals surface area contributed by atoms with Gasteiger partial charge in [-0.25, -0.2) is 4.79 Å². The Morgan fingerprint density at radius 1 is 1.26 bits per heavy atom. The van der Waals surface area contributed by atoms with Crippen LogP contribution in [0.2, 0.25) is 0 Å². The van der Waals surface area contributed by atoms with Gasteiger partial charge in [0.05, 0.1) is 6.10 Å². The van der Waals surface area contributed by atoms with E-state index < -0.39 is 18.1 Å². The minimum Gasteiger partial charge on any atom is -0.480 e. The molecule has 2 saturated heterocycles. The number of carbonyl (C=O) groups is 2. The van der Waals surface area contributed by atoms with Gasteiger partial charge in [-0.05, 0) is 37.8 Å². The van der Waals surface area contributed by atoms with Gasteiger partial charge in [0.2, 0.25) is 5.91 Å². The van der Waals surface area contributed by atoms with E-state index in [0.29, 0.717) is 0 Å². The summed E-state index contributed by atoms with van der Waals surface area (Å²) in [5.41, 5.74) is 0.110. The number of piperidine rings is 1. The van der Waals surface area contributed by atoms with Crippen molar-refractivity contribution in [2.75, 3.05) is 19.6 Å². The number of likely N-dealkylation sites (tertiary alicyclic amines) is 1. The number of aliphatic carboxylic acids is 1. The van der Waals surface area contributed by atoms with Crippen molar-refractivity contribution in [3.63, 3.8) is 0 Å². The molecule has 19 heavy (non-hydrogen) atoms. The van der Waals surface area contributed by atoms with Crippen molar-refractivity contribution < 1.29 is 19.8 Å². The summed E-state index contributed by atoms with van der Waals surface area (Å²) in [6.45, 7) is 2.05. The van der Waals surface area contributed by atoms with Gasteiger partial charge in [-0.15, -0.1) is 0 Å². The molecule has 2 heterocycles. The lowest BCUT2D eigenvalue weighted by Gasteiger charge is -2.26. The largest absolute Gasteiger partial charge is 0.480 e. The molecule has 3 N–H and O–H groups in total. The third-order valence-electron chi connectivity index (χ3n) is 4.93. The topological polar surface area (TPSA) is 89.9 Å². The molecule has 0 aromatic rings. The minimum atomic E-state index is -1.01. The lowest BCUT2D eigenvalue weighted by atomic mass is 9.91. The number of nitrogens with one attached hydrogen (secondary N) is 1. The van der Waals surface area contributed by atoms with Crippen LogP contribution >= 0.6 is 0 Å². The summed E-state index contributed by atoms with van der Waals surface area (Å²) in [5.74, 6) is -1.10. The molecule has 106 valence electrons. The highest BCUT2D eigenvalue weighted by Crippen LogP contribution is 2.59. The fourth-order valence-electron chi connectivity index (χ4n) is 3.67. The zero-order valence-electron chi connectivity index (χ0n) is 10.8. The van der Waals surface area contributed by atoms with Crippen LogP contribution in [-0.4, -0.2) is 58.8 Å². The van der Waals surface area contributed by atoms with Crippen LogP contribution in [0.25, 0.3) is 0 Å². The molecule has 3 atom stereocenters. The molecule has 6 heteroatoms. The summed E-state index contributed by atoms with van der Waals surface area (Å²) in [4.78, 5) is 25.0. The van der Waals surface area contributed by atoms with Crippen LogP contribution in [-0.2, 0) is 9.59 Å². The molecule has 6 nitrogen and oxygen atoms in total. The number of nitrogens with zero attached hydrogens (tertiary/aromatic N) is 1. The molecule has 1 saturated carbocycles. The molecular formula is C13H20N2O4. The van der Waals surface area contributed by atoms with E-state index in [-0.39, 0.29) is 30.2 Å². The fourth-order valence-corrected chi connectivity index (χ4v) is 3.67. The Bertz CT molecular complexity index is 405. The van der Waals surface area contributed by atoms with E-state index in [1.54, 1.807) is 0 Å². The van der Waals surface area contributed by atoms with Gasteiger partial charge in [-0.3, -0.25) is 4.79 Å². The highest BCUT2D eigenvalue weighted by Gasteiger charge is 2.60. The number of hydrogen-bond donors (Lipinski definition) is 3. The third kappa shape index (κ3) is 2.12. The van der Waals surface area contributed by atoms with E-state index in [1.165, 1.54) is 4.90 Å². The molecule has 3 rings (SSSR count). The Kier molecular flexibility index (Phi) is 3.02. The Morgan fingerprint density at radius 3 is 2.58 bits per heavy atom. The van der Waals surface area contributed by atoms with E-state index in [2.05, 4.69) is 5.32 Å². The summed E-state index contributed by atoms with van der Waals surface area (Å²) >= 11 is 0. The first-order valence-corrected chi connectivity index (χ1v) is 6.95. The smallest absolute Gasteiger partial charge is 0.326 e. The highest BCUT2D eigenvalue weighted by atomic mass is 16.4. The van der Waals surface area contributed by atoms with Gasteiger partial charge >= 0.3 is 5.97 Å². The first-order valence-electron chi connectivity index (χ1n) is 6.95. The molecule has 1 unspecified atom stereocenters. The Morgan fingerprint density at radius 2 is 1.95 bits per heavy atom. The molecule has 1 aliphatic carbocycles. The summed E-state index contributed by atoms with van der Waals surface area (Å²) in [5, 5.41) is 22.0. The van der Waals surface area contributed by atoms with Crippen molar-refractivity contribution in [1.82, 2.24) is 10.2 Å². The van der Waals surface area contributed by atoms with E-state index in [0.717, 1.165) is 32.4 Å². The second-order valence-corrected chi connectivity index (χ2v) is 6.10. The van der Waals surface area contributed by atoms with Gasteiger partial charge < -0.3 is 20.4 Å². The normalized spacial score (nSPS) is 36.5. The zero-order chi connectivity index (χ0) is 13.6. The van der Waals surface area contributed by atoms with Crippen LogP contribution in [0.3, 0.4) is 0 Å². The van der Waals surface area contributed by atoms with Crippen LogP contribution in [0.5, 0.6) is 0 Å². The predicted octanol–water partition coefficient (Wildman–Crippen LogP) is -0.577. The maximum Gasteiger partial charge on any atom is 0.326 e. The van der Waals surface area contributed by atoms with Gasteiger partial charge in [-0.1, -0.05) is 0 Å². The van der Waals surface area contributed by atoms with Crippen LogP contribution in [0.4, 0.5) is 0 Å². The average molecular weight is 268 g/mol. The molecule has 3 aliphatic rings. The lowest BCUT2D eigenvalue weighted by Crippen LogP contribution is -2.43. The second kappa shape index (κ2) is 4.45. The molecule has 1 spiro atoms. The zero-order valence-corrected chi connectivity index (χ0v) is 10.8. The molecule has 3 fully saturated rings. The fraction of sp³-hybridized carbons (Fsp3) is 0.846. The molecular weight excluding hydrogens is 248 g/mol. The molecule has 0 aromatic heterocycles. The number of carbonyl (C=O) groups excluding carboxylic acids is 1. The predicted molar refractivity (Wildman–Crippen MR) is 66.4 cm³/mol. The SMILES string of the molecule is O=C(O)[C@@H]1C[C@H](O)CN1C(=O)C1CC12CCNCC2. The van der Waals surface area contributed by atoms with E-state index in [1.807, 2.05) is 0 Å². The van der Waals surface area contributed by atoms with Crippen molar-refractivity contribution >= 4 is 11.9 Å². The average Bonchev–Trinajstić information content (AvgIpc) is 2.90. The molecule has 0 aromatic carbocycles. The van der Waals surface area contributed by atoms with E-state index >= 15 is 0 Å². The summed E-state index contributed by atoms with van der Waals surface area (Å²) in [6, 6.07) is -0.845. The highest BCUT2D eigenvalue weighted by molar-refractivity contribution is 5.88. The number of carboxylic acid groups (broad SMARTS) is 1.